The molecule has 1 aromatic heterocycles. The van der Waals surface area contributed by atoms with E-state index in [0.717, 1.165) is 20.3 Å². The normalized spacial score (nSPS) is 13.9. The van der Waals surface area contributed by atoms with Crippen LogP contribution in [0.3, 0.4) is 0 Å². The molecule has 0 spiro atoms. The molecule has 0 unspecified atom stereocenters. The van der Waals surface area contributed by atoms with Gasteiger partial charge in [-0.15, -0.1) is 23.1 Å². The van der Waals surface area contributed by atoms with Crippen molar-refractivity contribution in [3.63, 3.8) is 0 Å². The molecule has 22 heavy (non-hydrogen) atoms. The van der Waals surface area contributed by atoms with Gasteiger partial charge in [-0.1, -0.05) is 30.3 Å². The molecule has 1 N–H and O–H groups in total. The first-order valence-corrected chi connectivity index (χ1v) is 8.82. The minimum absolute atomic E-state index is 0.105. The Hall–Kier alpha value is -1.79. The highest BCUT2D eigenvalue weighted by Crippen LogP contribution is 2.42. The zero-order chi connectivity index (χ0) is 15.5. The molecule has 3 rings (SSSR count). The van der Waals surface area contributed by atoms with E-state index in [0.29, 0.717) is 18.9 Å². The van der Waals surface area contributed by atoms with Crippen molar-refractivity contribution in [1.29, 1.82) is 5.41 Å². The van der Waals surface area contributed by atoms with Gasteiger partial charge in [0.25, 0.3) is 0 Å². The van der Waals surface area contributed by atoms with Gasteiger partial charge in [-0.3, -0.25) is 10.2 Å². The summed E-state index contributed by atoms with van der Waals surface area (Å²) in [6.45, 7) is 2.90. The Morgan fingerprint density at radius 2 is 2.14 bits per heavy atom. The number of thioether (sulfide) groups is 1. The van der Waals surface area contributed by atoms with Crippen LogP contribution < -0.4 is 4.90 Å². The van der Waals surface area contributed by atoms with Gasteiger partial charge < -0.3 is 9.64 Å². The summed E-state index contributed by atoms with van der Waals surface area (Å²) >= 11 is 3.06. The second-order valence-electron chi connectivity index (χ2n) is 4.80. The summed E-state index contributed by atoms with van der Waals surface area (Å²) in [5, 5.41) is 7.92. The van der Waals surface area contributed by atoms with Crippen molar-refractivity contribution in [1.82, 2.24) is 0 Å². The third kappa shape index (κ3) is 3.03. The molecule has 1 aromatic carbocycles. The quantitative estimate of drug-likeness (QED) is 0.685. The zero-order valence-electron chi connectivity index (χ0n) is 12.2. The Kier molecular flexibility index (Phi) is 4.49. The van der Waals surface area contributed by atoms with Gasteiger partial charge in [-0.2, -0.15) is 0 Å². The van der Waals surface area contributed by atoms with E-state index in [1.54, 1.807) is 16.7 Å². The van der Waals surface area contributed by atoms with Crippen LogP contribution in [0.15, 0.2) is 40.6 Å². The number of carbonyl (C=O) groups excluding carboxylic acids is 1. The zero-order valence-corrected chi connectivity index (χ0v) is 13.8. The maximum atomic E-state index is 12.3. The molecule has 0 fully saturated rings. The Morgan fingerprint density at radius 1 is 1.36 bits per heavy atom. The first-order chi connectivity index (χ1) is 10.7. The average Bonchev–Trinajstić information content (AvgIpc) is 2.96. The van der Waals surface area contributed by atoms with E-state index in [1.807, 2.05) is 43.3 Å². The Labute approximate surface area is 137 Å². The molecule has 1 amide bonds. The number of amides is 1. The van der Waals surface area contributed by atoms with Gasteiger partial charge in [-0.05, 0) is 18.6 Å². The lowest BCUT2D eigenvalue weighted by atomic mass is 10.2. The van der Waals surface area contributed by atoms with Gasteiger partial charge in [0.2, 0.25) is 11.8 Å². The fraction of sp³-hybridized carbons (Fsp3) is 0.250. The number of rotatable bonds is 4. The number of benzene rings is 1. The minimum Gasteiger partial charge on any atom is -0.477 e. The predicted molar refractivity (Wildman–Crippen MR) is 91.1 cm³/mol. The van der Waals surface area contributed by atoms with Crippen LogP contribution in [0, 0.1) is 5.41 Å². The third-order valence-electron chi connectivity index (χ3n) is 3.29. The number of carbonyl (C=O) groups is 1. The van der Waals surface area contributed by atoms with Gasteiger partial charge in [-0.25, -0.2) is 0 Å². The Morgan fingerprint density at radius 3 is 2.86 bits per heavy atom. The van der Waals surface area contributed by atoms with Crippen LogP contribution in [-0.2, 0) is 16.1 Å². The fourth-order valence-electron chi connectivity index (χ4n) is 2.26. The smallest absolute Gasteiger partial charge is 0.237 e. The van der Waals surface area contributed by atoms with E-state index in [4.69, 9.17) is 10.1 Å². The summed E-state index contributed by atoms with van der Waals surface area (Å²) < 4.78 is 6.35. The summed E-state index contributed by atoms with van der Waals surface area (Å²) in [4.78, 5) is 14.9. The maximum Gasteiger partial charge on any atom is 0.237 e. The van der Waals surface area contributed by atoms with Gasteiger partial charge in [0.15, 0.2) is 0 Å². The number of nitrogens with one attached hydrogen (secondary N) is 1. The first-order valence-electron chi connectivity index (χ1n) is 7.01. The van der Waals surface area contributed by atoms with Gasteiger partial charge in [0.05, 0.1) is 33.7 Å². The Bertz CT molecular complexity index is 697. The Balaban J connectivity index is 1.89. The molecule has 1 aliphatic rings. The van der Waals surface area contributed by atoms with Gasteiger partial charge in [0.1, 0.15) is 0 Å². The molecule has 4 nitrogen and oxygen atoms in total. The van der Waals surface area contributed by atoms with Crippen LogP contribution in [0.4, 0.5) is 5.69 Å². The van der Waals surface area contributed by atoms with E-state index >= 15 is 0 Å². The number of thiophene rings is 1. The maximum absolute atomic E-state index is 12.3. The van der Waals surface area contributed by atoms with Crippen molar-refractivity contribution in [2.75, 3.05) is 17.3 Å². The molecule has 0 bridgehead atoms. The SMILES string of the molecule is CCOC(=N)c1cc2c(s1)SCC(=O)N2Cc1ccccc1. The fourth-order valence-corrected chi connectivity index (χ4v) is 4.47. The van der Waals surface area contributed by atoms with Crippen molar-refractivity contribution < 1.29 is 9.53 Å². The lowest BCUT2D eigenvalue weighted by Crippen LogP contribution is -2.34. The van der Waals surface area contributed by atoms with E-state index in [2.05, 4.69) is 0 Å². The molecule has 2 heterocycles. The molecule has 0 atom stereocenters. The number of fused-ring (bicyclic) bond motifs is 1. The van der Waals surface area contributed by atoms with Crippen molar-refractivity contribution in [3.8, 4) is 0 Å². The monoisotopic (exact) mass is 332 g/mol. The van der Waals surface area contributed by atoms with Crippen molar-refractivity contribution >= 4 is 40.6 Å². The first kappa shape index (κ1) is 15.1. The molecular weight excluding hydrogens is 316 g/mol. The number of ether oxygens (including phenoxy) is 1. The predicted octanol–water partition coefficient (Wildman–Crippen LogP) is 3.75. The molecule has 0 saturated carbocycles. The van der Waals surface area contributed by atoms with Crippen molar-refractivity contribution in [3.05, 3.63) is 46.8 Å². The number of hydrogen-bond donors (Lipinski definition) is 1. The highest BCUT2D eigenvalue weighted by molar-refractivity contribution is 8.02. The minimum atomic E-state index is 0.105. The molecule has 0 radical (unpaired) electrons. The van der Waals surface area contributed by atoms with Crippen LogP contribution >= 0.6 is 23.1 Å². The van der Waals surface area contributed by atoms with Crippen LogP contribution in [0.25, 0.3) is 0 Å². The molecule has 0 aliphatic carbocycles. The average molecular weight is 332 g/mol. The third-order valence-corrected chi connectivity index (χ3v) is 5.68. The summed E-state index contributed by atoms with van der Waals surface area (Å²) in [5.41, 5.74) is 2.00. The van der Waals surface area contributed by atoms with Crippen LogP contribution in [0.2, 0.25) is 0 Å². The van der Waals surface area contributed by atoms with Crippen LogP contribution in [-0.4, -0.2) is 24.2 Å². The van der Waals surface area contributed by atoms with E-state index in [-0.39, 0.29) is 11.8 Å². The van der Waals surface area contributed by atoms with Crippen molar-refractivity contribution in [2.45, 2.75) is 17.7 Å². The van der Waals surface area contributed by atoms with E-state index < -0.39 is 0 Å². The van der Waals surface area contributed by atoms with E-state index in [9.17, 15) is 4.79 Å². The van der Waals surface area contributed by atoms with Gasteiger partial charge in [0, 0.05) is 0 Å². The lowest BCUT2D eigenvalue weighted by Gasteiger charge is -2.26. The highest BCUT2D eigenvalue weighted by atomic mass is 32.2. The number of anilines is 1. The van der Waals surface area contributed by atoms with Crippen LogP contribution in [0.1, 0.15) is 17.4 Å². The largest absolute Gasteiger partial charge is 0.477 e. The molecule has 0 saturated heterocycles. The summed E-state index contributed by atoms with van der Waals surface area (Å²) in [5.74, 6) is 0.727. The molecule has 2 aromatic rings. The molecular formula is C16H16N2O2S2. The molecule has 114 valence electrons. The molecule has 1 aliphatic heterocycles. The summed E-state index contributed by atoms with van der Waals surface area (Å²) in [6, 6.07) is 11.8. The molecule has 6 heteroatoms. The summed E-state index contributed by atoms with van der Waals surface area (Å²) in [7, 11) is 0. The highest BCUT2D eigenvalue weighted by Gasteiger charge is 2.28. The van der Waals surface area contributed by atoms with E-state index in [1.165, 1.54) is 11.3 Å². The topological polar surface area (TPSA) is 53.4 Å². The summed E-state index contributed by atoms with van der Waals surface area (Å²) in [6.07, 6.45) is 0. The lowest BCUT2D eigenvalue weighted by molar-refractivity contribution is -0.116. The standard InChI is InChI=1S/C16H16N2O2S2/c1-2-20-15(17)13-8-12-16(22-13)21-10-14(19)18(12)9-11-6-4-3-5-7-11/h3-8,17H,2,9-10H2,1H3. The second kappa shape index (κ2) is 6.54. The van der Waals surface area contributed by atoms with Crippen LogP contribution in [0.5, 0.6) is 0 Å². The van der Waals surface area contributed by atoms with Gasteiger partial charge >= 0.3 is 0 Å². The number of nitrogens with zero attached hydrogens (tertiary/aromatic N) is 1. The number of hydrogen-bond acceptors (Lipinski definition) is 5. The second-order valence-corrected chi connectivity index (χ2v) is 7.10. The van der Waals surface area contributed by atoms with Crippen molar-refractivity contribution in [2.24, 2.45) is 0 Å².